The highest BCUT2D eigenvalue weighted by atomic mass is 16.6. The summed E-state index contributed by atoms with van der Waals surface area (Å²) in [6.45, 7) is 8.16. The van der Waals surface area contributed by atoms with E-state index >= 15 is 0 Å². The Labute approximate surface area is 244 Å². The second kappa shape index (κ2) is 12.5. The lowest BCUT2D eigenvalue weighted by Crippen LogP contribution is -2.29. The number of ether oxygens (including phenoxy) is 3. The standard InChI is InChI=1S/C29H39N7O6/c1-7-17(8-2)32-26-22-27(34-29(33-26)31-15(4)16-10-11-19(39-5)20(12-16)40-6)36(14-30-22)28-24(38)23(37)25(41-28)21-13-18(9-3)35-42-21/h10-15,17,23-25,28,37-38H,7-9H2,1-6H3,(H2,31,32,33,34)/t15?,23-,24+,25+,28+/m0/s1. The van der Waals surface area contributed by atoms with Crippen LogP contribution in [-0.4, -0.2) is 67.4 Å². The summed E-state index contributed by atoms with van der Waals surface area (Å²) in [5.41, 5.74) is 2.63. The van der Waals surface area contributed by atoms with E-state index in [9.17, 15) is 10.2 Å². The van der Waals surface area contributed by atoms with Crippen LogP contribution in [0.15, 0.2) is 35.1 Å². The molecular weight excluding hydrogens is 542 g/mol. The predicted molar refractivity (Wildman–Crippen MR) is 156 cm³/mol. The maximum Gasteiger partial charge on any atom is 0.227 e. The van der Waals surface area contributed by atoms with E-state index in [-0.39, 0.29) is 12.1 Å². The van der Waals surface area contributed by atoms with E-state index in [1.54, 1.807) is 31.2 Å². The molecule has 0 amide bonds. The number of benzene rings is 1. The van der Waals surface area contributed by atoms with Crippen LogP contribution < -0.4 is 20.1 Å². The molecule has 3 aromatic heterocycles. The highest BCUT2D eigenvalue weighted by Gasteiger charge is 2.47. The Hall–Kier alpha value is -3.94. The van der Waals surface area contributed by atoms with Gasteiger partial charge in [0.15, 0.2) is 40.5 Å². The van der Waals surface area contributed by atoms with Crippen molar-refractivity contribution in [3.63, 3.8) is 0 Å². The molecule has 1 saturated heterocycles. The van der Waals surface area contributed by atoms with E-state index in [1.807, 2.05) is 32.0 Å². The number of aliphatic hydroxyl groups excluding tert-OH is 2. The number of rotatable bonds is 12. The number of fused-ring (bicyclic) bond motifs is 1. The number of aromatic nitrogens is 5. The summed E-state index contributed by atoms with van der Waals surface area (Å²) in [7, 11) is 3.19. The minimum atomic E-state index is -1.27. The lowest BCUT2D eigenvalue weighted by Gasteiger charge is -2.20. The second-order valence-corrected chi connectivity index (χ2v) is 10.4. The van der Waals surface area contributed by atoms with Crippen LogP contribution in [0.5, 0.6) is 11.5 Å². The largest absolute Gasteiger partial charge is 0.493 e. The molecule has 1 aliphatic heterocycles. The van der Waals surface area contributed by atoms with Crippen molar-refractivity contribution in [3.8, 4) is 11.5 Å². The zero-order valence-electron chi connectivity index (χ0n) is 24.7. The van der Waals surface area contributed by atoms with Gasteiger partial charge in [-0.1, -0.05) is 32.0 Å². The molecule has 1 fully saturated rings. The number of methoxy groups -OCH3 is 2. The second-order valence-electron chi connectivity index (χ2n) is 10.4. The van der Waals surface area contributed by atoms with Crippen LogP contribution >= 0.6 is 0 Å². The fourth-order valence-corrected chi connectivity index (χ4v) is 5.11. The topological polar surface area (TPSA) is 162 Å². The molecular formula is C29H39N7O6. The summed E-state index contributed by atoms with van der Waals surface area (Å²) in [5.74, 6) is 2.52. The molecule has 226 valence electrons. The Bertz CT molecular complexity index is 1500. The van der Waals surface area contributed by atoms with Crippen molar-refractivity contribution in [2.24, 2.45) is 0 Å². The van der Waals surface area contributed by atoms with Gasteiger partial charge >= 0.3 is 0 Å². The molecule has 5 rings (SSSR count). The van der Waals surface area contributed by atoms with Crippen molar-refractivity contribution in [1.82, 2.24) is 24.7 Å². The van der Waals surface area contributed by atoms with Crippen molar-refractivity contribution >= 4 is 22.9 Å². The molecule has 1 unspecified atom stereocenters. The molecule has 42 heavy (non-hydrogen) atoms. The average Bonchev–Trinajstić information content (AvgIpc) is 3.73. The van der Waals surface area contributed by atoms with Gasteiger partial charge in [0.1, 0.15) is 18.3 Å². The molecule has 0 bridgehead atoms. The Kier molecular flexibility index (Phi) is 8.80. The van der Waals surface area contributed by atoms with Gasteiger partial charge in [-0.2, -0.15) is 9.97 Å². The van der Waals surface area contributed by atoms with Gasteiger partial charge < -0.3 is 39.6 Å². The molecule has 4 aromatic rings. The highest BCUT2D eigenvalue weighted by Crippen LogP contribution is 2.40. The number of nitrogens with zero attached hydrogens (tertiary/aromatic N) is 5. The molecule has 4 heterocycles. The van der Waals surface area contributed by atoms with Crippen molar-refractivity contribution < 1.29 is 28.9 Å². The maximum atomic E-state index is 11.0. The smallest absolute Gasteiger partial charge is 0.227 e. The van der Waals surface area contributed by atoms with Crippen molar-refractivity contribution in [2.45, 2.75) is 83.6 Å². The van der Waals surface area contributed by atoms with Crippen LogP contribution in [-0.2, 0) is 11.2 Å². The maximum absolute atomic E-state index is 11.0. The fraction of sp³-hybridized carbons (Fsp3) is 0.517. The molecule has 0 aliphatic carbocycles. The quantitative estimate of drug-likeness (QED) is 0.189. The van der Waals surface area contributed by atoms with Gasteiger partial charge in [0.2, 0.25) is 5.95 Å². The molecule has 13 nitrogen and oxygen atoms in total. The van der Waals surface area contributed by atoms with Crippen molar-refractivity contribution in [2.75, 3.05) is 24.9 Å². The third-order valence-electron chi connectivity index (χ3n) is 7.73. The van der Waals surface area contributed by atoms with Gasteiger partial charge in [-0.3, -0.25) is 4.57 Å². The van der Waals surface area contributed by atoms with Gasteiger partial charge in [0.25, 0.3) is 0 Å². The lowest BCUT2D eigenvalue weighted by atomic mass is 10.1. The van der Waals surface area contributed by atoms with Crippen LogP contribution in [0.1, 0.15) is 75.9 Å². The number of anilines is 2. The van der Waals surface area contributed by atoms with Gasteiger partial charge in [-0.15, -0.1) is 0 Å². The summed E-state index contributed by atoms with van der Waals surface area (Å²) < 4.78 is 24.0. The summed E-state index contributed by atoms with van der Waals surface area (Å²) in [6.07, 6.45) is -0.387. The Morgan fingerprint density at radius 1 is 1.00 bits per heavy atom. The molecule has 1 aromatic carbocycles. The van der Waals surface area contributed by atoms with E-state index in [2.05, 4.69) is 34.6 Å². The van der Waals surface area contributed by atoms with Crippen LogP contribution in [0.3, 0.4) is 0 Å². The van der Waals surface area contributed by atoms with Crippen molar-refractivity contribution in [1.29, 1.82) is 0 Å². The Morgan fingerprint density at radius 3 is 2.43 bits per heavy atom. The lowest BCUT2D eigenvalue weighted by molar-refractivity contribution is -0.0434. The highest BCUT2D eigenvalue weighted by molar-refractivity contribution is 5.84. The van der Waals surface area contributed by atoms with Crippen LogP contribution in [0, 0.1) is 0 Å². The van der Waals surface area contributed by atoms with Gasteiger partial charge in [0, 0.05) is 12.1 Å². The monoisotopic (exact) mass is 581 g/mol. The van der Waals surface area contributed by atoms with E-state index < -0.39 is 24.5 Å². The van der Waals surface area contributed by atoms with Gasteiger partial charge in [-0.25, -0.2) is 4.98 Å². The molecule has 1 aliphatic rings. The molecule has 5 atom stereocenters. The molecule has 0 radical (unpaired) electrons. The first-order valence-corrected chi connectivity index (χ1v) is 14.3. The van der Waals surface area contributed by atoms with Gasteiger partial charge in [-0.05, 0) is 43.9 Å². The summed E-state index contributed by atoms with van der Waals surface area (Å²) in [4.78, 5) is 14.2. The minimum absolute atomic E-state index is 0.170. The predicted octanol–water partition coefficient (Wildman–Crippen LogP) is 4.16. The zero-order valence-corrected chi connectivity index (χ0v) is 24.7. The molecule has 13 heteroatoms. The van der Waals surface area contributed by atoms with E-state index in [4.69, 9.17) is 28.7 Å². The SMILES string of the molecule is CCc1cc([C@H]2O[C@@H](n3cnc4c(NC(CC)CC)nc(NC(C)c5ccc(OC)c(OC)c5)nc43)[C@H](O)[C@@H]2O)on1. The third kappa shape index (κ3) is 5.59. The summed E-state index contributed by atoms with van der Waals surface area (Å²) in [5, 5.41) is 32.8. The van der Waals surface area contributed by atoms with E-state index in [0.717, 1.165) is 24.1 Å². The average molecular weight is 582 g/mol. The Morgan fingerprint density at radius 2 is 1.76 bits per heavy atom. The molecule has 4 N–H and O–H groups in total. The number of aliphatic hydroxyl groups is 2. The molecule has 0 saturated carbocycles. The van der Waals surface area contributed by atoms with Crippen LogP contribution in [0.2, 0.25) is 0 Å². The van der Waals surface area contributed by atoms with Crippen LogP contribution in [0.25, 0.3) is 11.2 Å². The van der Waals surface area contributed by atoms with E-state index in [1.165, 1.54) is 0 Å². The normalized spacial score (nSPS) is 21.2. The minimum Gasteiger partial charge on any atom is -0.493 e. The van der Waals surface area contributed by atoms with Gasteiger partial charge in [0.05, 0.1) is 32.3 Å². The number of hydrogen-bond acceptors (Lipinski definition) is 12. The summed E-state index contributed by atoms with van der Waals surface area (Å²) in [6, 6.07) is 7.40. The fourth-order valence-electron chi connectivity index (χ4n) is 5.11. The first-order chi connectivity index (χ1) is 20.3. The van der Waals surface area contributed by atoms with Crippen LogP contribution in [0.4, 0.5) is 11.8 Å². The summed E-state index contributed by atoms with van der Waals surface area (Å²) >= 11 is 0. The third-order valence-corrected chi connectivity index (χ3v) is 7.73. The van der Waals surface area contributed by atoms with Crippen molar-refractivity contribution in [3.05, 3.63) is 47.6 Å². The first kappa shape index (κ1) is 29.5. The zero-order chi connectivity index (χ0) is 30.0. The first-order valence-electron chi connectivity index (χ1n) is 14.3. The Balaban J connectivity index is 1.51. The number of aryl methyl sites for hydroxylation is 1. The molecule has 0 spiro atoms. The number of imidazole rings is 1. The van der Waals surface area contributed by atoms with E-state index in [0.29, 0.717) is 46.6 Å². The number of hydrogen-bond donors (Lipinski definition) is 4. The number of nitrogens with one attached hydrogen (secondary N) is 2.